The first-order chi connectivity index (χ1) is 12.3. The summed E-state index contributed by atoms with van der Waals surface area (Å²) in [5.41, 5.74) is 5.13. The van der Waals surface area contributed by atoms with E-state index >= 15 is 0 Å². The summed E-state index contributed by atoms with van der Waals surface area (Å²) in [6.07, 6.45) is 1.87. The molecule has 128 valence electrons. The number of carbonyl (C=O) groups excluding carboxylic acids is 1. The molecule has 0 fully saturated rings. The average Bonchev–Trinajstić information content (AvgIpc) is 3.05. The van der Waals surface area contributed by atoms with Gasteiger partial charge in [-0.2, -0.15) is 5.10 Å². The molecular formula is C18H19N5O2. The van der Waals surface area contributed by atoms with Crippen molar-refractivity contribution in [3.63, 3.8) is 0 Å². The Labute approximate surface area is 145 Å². The second-order valence-electron chi connectivity index (χ2n) is 5.35. The molecule has 7 nitrogen and oxygen atoms in total. The number of para-hydroxylation sites is 1. The molecule has 0 saturated heterocycles. The number of amides is 1. The van der Waals surface area contributed by atoms with Crippen LogP contribution >= 0.6 is 0 Å². The SMILES string of the molecule is CCOc1ccc(/C=N/NC(=O)CCn2nnc3ccccc32)cc1. The summed E-state index contributed by atoms with van der Waals surface area (Å²) in [5, 5.41) is 12.1. The molecule has 1 aromatic heterocycles. The molecule has 1 N–H and O–H groups in total. The first-order valence-electron chi connectivity index (χ1n) is 8.09. The van der Waals surface area contributed by atoms with Gasteiger partial charge in [0.1, 0.15) is 11.3 Å². The molecule has 0 unspecified atom stereocenters. The summed E-state index contributed by atoms with van der Waals surface area (Å²) in [4.78, 5) is 11.9. The van der Waals surface area contributed by atoms with Crippen LogP contribution in [-0.2, 0) is 11.3 Å². The second kappa shape index (κ2) is 8.05. The Morgan fingerprint density at radius 3 is 2.84 bits per heavy atom. The number of benzene rings is 2. The zero-order chi connectivity index (χ0) is 17.5. The highest BCUT2D eigenvalue weighted by atomic mass is 16.5. The molecule has 1 heterocycles. The average molecular weight is 337 g/mol. The lowest BCUT2D eigenvalue weighted by Crippen LogP contribution is -2.19. The van der Waals surface area contributed by atoms with E-state index in [0.717, 1.165) is 22.3 Å². The highest BCUT2D eigenvalue weighted by Gasteiger charge is 2.05. The third-order valence-electron chi connectivity index (χ3n) is 3.56. The molecule has 2 aromatic carbocycles. The molecule has 1 amide bonds. The Morgan fingerprint density at radius 2 is 2.04 bits per heavy atom. The standard InChI is InChI=1S/C18H19N5O2/c1-2-25-15-9-7-14(8-10-15)13-19-21-18(24)11-12-23-17-6-4-3-5-16(17)20-22-23/h3-10,13H,2,11-12H2,1H3,(H,21,24)/b19-13+. The van der Waals surface area contributed by atoms with Crippen molar-refractivity contribution in [2.75, 3.05) is 6.61 Å². The van der Waals surface area contributed by atoms with Crippen LogP contribution in [0.5, 0.6) is 5.75 Å². The quantitative estimate of drug-likeness (QED) is 0.530. The highest BCUT2D eigenvalue weighted by molar-refractivity contribution is 5.82. The fourth-order valence-electron chi connectivity index (χ4n) is 2.34. The van der Waals surface area contributed by atoms with Gasteiger partial charge in [-0.3, -0.25) is 4.79 Å². The largest absolute Gasteiger partial charge is 0.494 e. The minimum absolute atomic E-state index is 0.179. The second-order valence-corrected chi connectivity index (χ2v) is 5.35. The third-order valence-corrected chi connectivity index (χ3v) is 3.56. The summed E-state index contributed by atoms with van der Waals surface area (Å²) < 4.78 is 7.09. The van der Waals surface area contributed by atoms with Gasteiger partial charge in [0, 0.05) is 6.42 Å². The topological polar surface area (TPSA) is 81.4 Å². The van der Waals surface area contributed by atoms with Crippen LogP contribution in [0.4, 0.5) is 0 Å². The zero-order valence-corrected chi connectivity index (χ0v) is 13.9. The maximum Gasteiger partial charge on any atom is 0.241 e. The number of carbonyl (C=O) groups is 1. The molecule has 3 rings (SSSR count). The molecular weight excluding hydrogens is 318 g/mol. The maximum atomic E-state index is 11.9. The number of hydrazone groups is 1. The molecule has 0 spiro atoms. The lowest BCUT2D eigenvalue weighted by molar-refractivity contribution is -0.121. The minimum Gasteiger partial charge on any atom is -0.494 e. The fourth-order valence-corrected chi connectivity index (χ4v) is 2.34. The van der Waals surface area contributed by atoms with E-state index in [1.807, 2.05) is 55.5 Å². The molecule has 25 heavy (non-hydrogen) atoms. The van der Waals surface area contributed by atoms with Crippen LogP contribution in [0, 0.1) is 0 Å². The van der Waals surface area contributed by atoms with E-state index in [-0.39, 0.29) is 12.3 Å². The van der Waals surface area contributed by atoms with Crippen LogP contribution in [0.15, 0.2) is 53.6 Å². The van der Waals surface area contributed by atoms with Crippen LogP contribution in [0.2, 0.25) is 0 Å². The Bertz CT molecular complexity index is 871. The van der Waals surface area contributed by atoms with Crippen molar-refractivity contribution in [3.05, 3.63) is 54.1 Å². The molecule has 0 radical (unpaired) electrons. The van der Waals surface area contributed by atoms with Crippen molar-refractivity contribution >= 4 is 23.2 Å². The number of aromatic nitrogens is 3. The van der Waals surface area contributed by atoms with Crippen molar-refractivity contribution in [3.8, 4) is 5.75 Å². The number of ether oxygens (including phenoxy) is 1. The van der Waals surface area contributed by atoms with E-state index in [2.05, 4.69) is 20.8 Å². The van der Waals surface area contributed by atoms with Gasteiger partial charge in [-0.15, -0.1) is 5.10 Å². The predicted octanol–water partition coefficient (Wildman–Crippen LogP) is 2.37. The lowest BCUT2D eigenvalue weighted by atomic mass is 10.2. The first kappa shape index (κ1) is 16.6. The number of hydrogen-bond donors (Lipinski definition) is 1. The number of nitrogens with one attached hydrogen (secondary N) is 1. The van der Waals surface area contributed by atoms with Crippen LogP contribution in [-0.4, -0.2) is 33.7 Å². The van der Waals surface area contributed by atoms with Gasteiger partial charge in [0.25, 0.3) is 0 Å². The van der Waals surface area contributed by atoms with Gasteiger partial charge >= 0.3 is 0 Å². The number of fused-ring (bicyclic) bond motifs is 1. The molecule has 0 aliphatic heterocycles. The molecule has 7 heteroatoms. The van der Waals surface area contributed by atoms with E-state index in [9.17, 15) is 4.79 Å². The van der Waals surface area contributed by atoms with Gasteiger partial charge in [-0.1, -0.05) is 17.3 Å². The normalized spacial score (nSPS) is 11.1. The van der Waals surface area contributed by atoms with E-state index in [1.54, 1.807) is 10.9 Å². The van der Waals surface area contributed by atoms with Crippen LogP contribution in [0.3, 0.4) is 0 Å². The molecule has 0 bridgehead atoms. The highest BCUT2D eigenvalue weighted by Crippen LogP contribution is 2.11. The van der Waals surface area contributed by atoms with Crippen LogP contribution < -0.4 is 10.2 Å². The summed E-state index contributed by atoms with van der Waals surface area (Å²) in [6.45, 7) is 3.02. The summed E-state index contributed by atoms with van der Waals surface area (Å²) >= 11 is 0. The predicted molar refractivity (Wildman–Crippen MR) is 95.5 cm³/mol. The van der Waals surface area contributed by atoms with E-state index in [1.165, 1.54) is 0 Å². The van der Waals surface area contributed by atoms with Gasteiger partial charge in [0.15, 0.2) is 0 Å². The fraction of sp³-hybridized carbons (Fsp3) is 0.222. The Balaban J connectivity index is 1.49. The summed E-state index contributed by atoms with van der Waals surface area (Å²) in [5.74, 6) is 0.630. The summed E-state index contributed by atoms with van der Waals surface area (Å²) in [6, 6.07) is 15.1. The summed E-state index contributed by atoms with van der Waals surface area (Å²) in [7, 11) is 0. The van der Waals surface area contributed by atoms with Crippen molar-refractivity contribution < 1.29 is 9.53 Å². The van der Waals surface area contributed by atoms with Crippen molar-refractivity contribution in [2.45, 2.75) is 19.9 Å². The smallest absolute Gasteiger partial charge is 0.241 e. The molecule has 0 aliphatic rings. The van der Waals surface area contributed by atoms with Gasteiger partial charge in [-0.05, 0) is 48.9 Å². The maximum absolute atomic E-state index is 11.9. The van der Waals surface area contributed by atoms with Crippen molar-refractivity contribution in [2.24, 2.45) is 5.10 Å². The van der Waals surface area contributed by atoms with Gasteiger partial charge < -0.3 is 4.74 Å². The van der Waals surface area contributed by atoms with Gasteiger partial charge in [0.2, 0.25) is 5.91 Å². The number of aryl methyl sites for hydroxylation is 1. The van der Waals surface area contributed by atoms with E-state index in [0.29, 0.717) is 13.2 Å². The zero-order valence-electron chi connectivity index (χ0n) is 13.9. The number of hydrogen-bond acceptors (Lipinski definition) is 5. The molecule has 0 saturated carbocycles. The van der Waals surface area contributed by atoms with Gasteiger partial charge in [-0.25, -0.2) is 10.1 Å². The van der Waals surface area contributed by atoms with E-state index < -0.39 is 0 Å². The Hall–Kier alpha value is -3.22. The number of rotatable bonds is 7. The molecule has 0 atom stereocenters. The van der Waals surface area contributed by atoms with Crippen molar-refractivity contribution in [1.29, 1.82) is 0 Å². The monoisotopic (exact) mass is 337 g/mol. The number of nitrogens with zero attached hydrogens (tertiary/aromatic N) is 4. The van der Waals surface area contributed by atoms with E-state index in [4.69, 9.17) is 4.74 Å². The van der Waals surface area contributed by atoms with Crippen LogP contribution in [0.25, 0.3) is 11.0 Å². The van der Waals surface area contributed by atoms with Crippen molar-refractivity contribution in [1.82, 2.24) is 20.4 Å². The first-order valence-corrected chi connectivity index (χ1v) is 8.09. The van der Waals surface area contributed by atoms with Crippen LogP contribution in [0.1, 0.15) is 18.9 Å². The Kier molecular flexibility index (Phi) is 5.36. The molecule has 0 aliphatic carbocycles. The minimum atomic E-state index is -0.179. The third kappa shape index (κ3) is 4.41. The Morgan fingerprint density at radius 1 is 1.24 bits per heavy atom. The van der Waals surface area contributed by atoms with Gasteiger partial charge in [0.05, 0.1) is 24.9 Å². The lowest BCUT2D eigenvalue weighted by Gasteiger charge is -2.03. The molecule has 3 aromatic rings.